The van der Waals surface area contributed by atoms with Crippen LogP contribution in [0.5, 0.6) is 0 Å². The largest absolute Gasteiger partial charge is 0.371 e. The topological polar surface area (TPSA) is 177 Å². The molecule has 5 heterocycles. The highest BCUT2D eigenvalue weighted by Gasteiger charge is 2.44. The fourth-order valence-electron chi connectivity index (χ4n) is 8.24. The Balaban J connectivity index is 0.785. The number of piperidine rings is 2. The zero-order valence-electron chi connectivity index (χ0n) is 30.7. The number of likely N-dealkylation sites (tertiary alicyclic amines) is 1. The number of aromatic amines is 1. The van der Waals surface area contributed by atoms with Crippen molar-refractivity contribution in [2.24, 2.45) is 5.92 Å². The molecule has 1 unspecified atom stereocenters. The fraction of sp³-hybridized carbons (Fsp3) is 0.390. The molecule has 3 aromatic carbocycles. The first-order valence-electron chi connectivity index (χ1n) is 19.1. The van der Waals surface area contributed by atoms with E-state index in [9.17, 15) is 28.8 Å². The standard InChI is InChI=1S/C41H44N8O6/c1-24-3-2-18-48(24)23-35-44-32-11-8-28(21-33(32)45-35)43-38(52)27-6-4-26(5-7-27)37(51)42-17-14-25-15-19-47(20-16-25)29-9-10-30-31(22-29)41(55)49(40(30)54)34-12-13-36(50)46-39(34)53/h4-11,21-22,24-25,34H,2-3,12-20,23H2,1H3,(H,42,51)(H,43,52)(H,44,45)(H,46,50,53)/t24-,34?/m0/s1. The van der Waals surface area contributed by atoms with Crippen LogP contribution in [0.25, 0.3) is 11.0 Å². The lowest BCUT2D eigenvalue weighted by Gasteiger charge is -2.34. The number of benzene rings is 3. The third kappa shape index (κ3) is 7.46. The molecule has 3 saturated heterocycles. The van der Waals surface area contributed by atoms with Crippen molar-refractivity contribution in [3.05, 3.63) is 88.7 Å². The van der Waals surface area contributed by atoms with Crippen LogP contribution < -0.4 is 20.9 Å². The molecule has 4 aliphatic rings. The molecule has 0 spiro atoms. The van der Waals surface area contributed by atoms with Gasteiger partial charge in [0.2, 0.25) is 11.8 Å². The normalized spacial score (nSPS) is 20.6. The van der Waals surface area contributed by atoms with E-state index in [-0.39, 0.29) is 35.8 Å². The summed E-state index contributed by atoms with van der Waals surface area (Å²) in [5, 5.41) is 8.18. The molecule has 55 heavy (non-hydrogen) atoms. The van der Waals surface area contributed by atoms with Crippen molar-refractivity contribution in [2.75, 3.05) is 36.4 Å². The Bertz CT molecular complexity index is 2190. The van der Waals surface area contributed by atoms with Crippen molar-refractivity contribution in [2.45, 2.75) is 70.5 Å². The van der Waals surface area contributed by atoms with Gasteiger partial charge in [-0.05, 0) is 119 Å². The van der Waals surface area contributed by atoms with E-state index in [1.807, 2.05) is 24.3 Å². The minimum absolute atomic E-state index is 0.0761. The number of carbonyl (C=O) groups excluding carboxylic acids is 6. The van der Waals surface area contributed by atoms with Gasteiger partial charge in [0.15, 0.2) is 0 Å². The first-order chi connectivity index (χ1) is 26.6. The molecular weight excluding hydrogens is 701 g/mol. The maximum atomic E-state index is 13.3. The Labute approximate surface area is 318 Å². The monoisotopic (exact) mass is 744 g/mol. The van der Waals surface area contributed by atoms with Crippen LogP contribution in [0.2, 0.25) is 0 Å². The lowest BCUT2D eigenvalue weighted by Crippen LogP contribution is -2.54. The number of anilines is 2. The third-order valence-electron chi connectivity index (χ3n) is 11.5. The summed E-state index contributed by atoms with van der Waals surface area (Å²) in [5.74, 6) is -1.20. The summed E-state index contributed by atoms with van der Waals surface area (Å²) in [6.07, 6.45) is 5.23. The molecule has 0 aliphatic carbocycles. The van der Waals surface area contributed by atoms with E-state index >= 15 is 0 Å². The number of hydrogen-bond donors (Lipinski definition) is 4. The predicted molar refractivity (Wildman–Crippen MR) is 205 cm³/mol. The SMILES string of the molecule is C[C@H]1CCCN1Cc1nc2ccc(NC(=O)c3ccc(C(=O)NCCC4CCN(c5ccc6c(c5)C(=O)N(C5CCC(=O)NC5=O)C6=O)CC4)cc3)cc2[nH]1. The van der Waals surface area contributed by atoms with Crippen LogP contribution in [-0.4, -0.2) is 93.5 Å². The predicted octanol–water partition coefficient (Wildman–Crippen LogP) is 4.24. The number of amides is 6. The molecule has 2 atom stereocenters. The maximum absolute atomic E-state index is 13.3. The quantitative estimate of drug-likeness (QED) is 0.173. The van der Waals surface area contributed by atoms with Crippen molar-refractivity contribution in [3.63, 3.8) is 0 Å². The Morgan fingerprint density at radius 1 is 0.836 bits per heavy atom. The zero-order valence-corrected chi connectivity index (χ0v) is 30.7. The summed E-state index contributed by atoms with van der Waals surface area (Å²) in [5.41, 5.74) is 4.69. The molecule has 4 N–H and O–H groups in total. The van der Waals surface area contributed by atoms with Crippen LogP contribution in [0.1, 0.15) is 99.1 Å². The number of nitrogens with one attached hydrogen (secondary N) is 4. The van der Waals surface area contributed by atoms with E-state index in [1.165, 1.54) is 12.8 Å². The molecule has 0 bridgehead atoms. The molecule has 4 aromatic rings. The molecule has 3 fully saturated rings. The van der Waals surface area contributed by atoms with E-state index in [0.29, 0.717) is 35.3 Å². The van der Waals surface area contributed by atoms with Gasteiger partial charge in [-0.1, -0.05) is 0 Å². The number of H-pyrrole nitrogens is 1. The first kappa shape index (κ1) is 36.1. The first-order valence-corrected chi connectivity index (χ1v) is 19.1. The average molecular weight is 745 g/mol. The Morgan fingerprint density at radius 2 is 1.58 bits per heavy atom. The highest BCUT2D eigenvalue weighted by Crippen LogP contribution is 2.33. The smallest absolute Gasteiger partial charge is 0.262 e. The van der Waals surface area contributed by atoms with Crippen molar-refractivity contribution in [1.29, 1.82) is 0 Å². The van der Waals surface area contributed by atoms with Crippen molar-refractivity contribution >= 4 is 57.9 Å². The van der Waals surface area contributed by atoms with Crippen molar-refractivity contribution in [3.8, 4) is 0 Å². The molecule has 1 aromatic heterocycles. The highest BCUT2D eigenvalue weighted by atomic mass is 16.2. The summed E-state index contributed by atoms with van der Waals surface area (Å²) >= 11 is 0. The molecule has 284 valence electrons. The molecule has 0 saturated carbocycles. The minimum atomic E-state index is -0.992. The molecule has 6 amide bonds. The molecule has 14 nitrogen and oxygen atoms in total. The summed E-state index contributed by atoms with van der Waals surface area (Å²) in [4.78, 5) is 89.9. The van der Waals surface area contributed by atoms with Crippen LogP contribution in [0, 0.1) is 5.92 Å². The number of imidazole rings is 1. The van der Waals surface area contributed by atoms with E-state index in [0.717, 1.165) is 72.9 Å². The van der Waals surface area contributed by atoms with Gasteiger partial charge < -0.3 is 20.5 Å². The minimum Gasteiger partial charge on any atom is -0.371 e. The lowest BCUT2D eigenvalue weighted by molar-refractivity contribution is -0.136. The van der Waals surface area contributed by atoms with Gasteiger partial charge in [0.1, 0.15) is 11.9 Å². The van der Waals surface area contributed by atoms with Gasteiger partial charge in [0, 0.05) is 54.6 Å². The highest BCUT2D eigenvalue weighted by molar-refractivity contribution is 6.23. The van der Waals surface area contributed by atoms with Gasteiger partial charge in [-0.2, -0.15) is 0 Å². The van der Waals surface area contributed by atoms with Crippen molar-refractivity contribution in [1.82, 2.24) is 30.4 Å². The van der Waals surface area contributed by atoms with Gasteiger partial charge in [-0.15, -0.1) is 0 Å². The van der Waals surface area contributed by atoms with Crippen LogP contribution >= 0.6 is 0 Å². The number of carbonyl (C=O) groups is 6. The summed E-state index contributed by atoms with van der Waals surface area (Å²) < 4.78 is 0. The van der Waals surface area contributed by atoms with E-state index in [1.54, 1.807) is 36.4 Å². The number of aromatic nitrogens is 2. The summed E-state index contributed by atoms with van der Waals surface area (Å²) in [6, 6.07) is 17.0. The van der Waals surface area contributed by atoms with E-state index in [4.69, 9.17) is 4.98 Å². The third-order valence-corrected chi connectivity index (χ3v) is 11.5. The maximum Gasteiger partial charge on any atom is 0.262 e. The van der Waals surface area contributed by atoms with Crippen LogP contribution in [0.3, 0.4) is 0 Å². The number of imide groups is 2. The Hall–Kier alpha value is -5.89. The second-order valence-corrected chi connectivity index (χ2v) is 15.1. The molecule has 0 radical (unpaired) electrons. The summed E-state index contributed by atoms with van der Waals surface area (Å²) in [6.45, 7) is 6.14. The molecule has 4 aliphatic heterocycles. The average Bonchev–Trinajstić information content (AvgIpc) is 3.86. The number of nitrogens with zero attached hydrogens (tertiary/aromatic N) is 4. The number of fused-ring (bicyclic) bond motifs is 2. The van der Waals surface area contributed by atoms with Gasteiger partial charge in [0.05, 0.1) is 28.7 Å². The molecule has 14 heteroatoms. The van der Waals surface area contributed by atoms with Crippen LogP contribution in [-0.2, 0) is 16.1 Å². The van der Waals surface area contributed by atoms with E-state index < -0.39 is 29.7 Å². The second kappa shape index (κ2) is 15.1. The lowest BCUT2D eigenvalue weighted by atomic mass is 9.93. The Kier molecular flexibility index (Phi) is 9.91. The van der Waals surface area contributed by atoms with Gasteiger partial charge in [-0.3, -0.25) is 43.9 Å². The number of hydrogen-bond acceptors (Lipinski definition) is 9. The number of rotatable bonds is 10. The molecule has 8 rings (SSSR count). The zero-order chi connectivity index (χ0) is 38.2. The fourth-order valence-corrected chi connectivity index (χ4v) is 8.24. The Morgan fingerprint density at radius 3 is 2.31 bits per heavy atom. The van der Waals surface area contributed by atoms with Crippen LogP contribution in [0.4, 0.5) is 11.4 Å². The second-order valence-electron chi connectivity index (χ2n) is 15.1. The van der Waals surface area contributed by atoms with Crippen molar-refractivity contribution < 1.29 is 28.8 Å². The summed E-state index contributed by atoms with van der Waals surface area (Å²) in [7, 11) is 0. The van der Waals surface area contributed by atoms with Crippen LogP contribution in [0.15, 0.2) is 60.7 Å². The van der Waals surface area contributed by atoms with Gasteiger partial charge in [-0.25, -0.2) is 4.98 Å². The van der Waals surface area contributed by atoms with Gasteiger partial charge in [0.25, 0.3) is 23.6 Å². The molecular formula is C41H44N8O6. The van der Waals surface area contributed by atoms with Gasteiger partial charge >= 0.3 is 0 Å². The van der Waals surface area contributed by atoms with E-state index in [2.05, 4.69) is 37.7 Å².